The molecule has 3 rings (SSSR count). The largest absolute Gasteiger partial charge is 0.316 e. The average molecular weight is 398 g/mol. The Hall–Kier alpha value is -2.49. The molecule has 4 nitrogen and oxygen atoms in total. The van der Waals surface area contributed by atoms with Crippen molar-refractivity contribution in [1.29, 1.82) is 5.26 Å². The molecule has 0 saturated carbocycles. The van der Waals surface area contributed by atoms with Gasteiger partial charge >= 0.3 is 0 Å². The smallest absolute Gasteiger partial charge is 0.229 e. The van der Waals surface area contributed by atoms with Gasteiger partial charge in [-0.15, -0.1) is 11.3 Å². The van der Waals surface area contributed by atoms with Crippen molar-refractivity contribution >= 4 is 38.2 Å². The minimum Gasteiger partial charge on any atom is -0.316 e. The van der Waals surface area contributed by atoms with Crippen LogP contribution in [0.15, 0.2) is 59.3 Å². The zero-order valence-corrected chi connectivity index (χ0v) is 14.9. The fraction of sp³-hybridized carbons (Fsp3) is 0.0556. The molecule has 2 aromatic heterocycles. The van der Waals surface area contributed by atoms with E-state index in [9.17, 15) is 10.1 Å². The highest BCUT2D eigenvalue weighted by Gasteiger charge is 2.14. The number of pyridine rings is 1. The summed E-state index contributed by atoms with van der Waals surface area (Å²) in [5.74, 6) is -0.151. The van der Waals surface area contributed by atoms with E-state index in [2.05, 4.69) is 32.3 Å². The lowest BCUT2D eigenvalue weighted by Gasteiger charge is -2.05. The molecule has 1 N–H and O–H groups in total. The molecule has 2 heterocycles. The van der Waals surface area contributed by atoms with Crippen LogP contribution in [0.3, 0.4) is 0 Å². The van der Waals surface area contributed by atoms with Crippen LogP contribution < -0.4 is 5.32 Å². The van der Waals surface area contributed by atoms with Gasteiger partial charge in [-0.2, -0.15) is 5.26 Å². The van der Waals surface area contributed by atoms with E-state index in [0.717, 1.165) is 20.5 Å². The van der Waals surface area contributed by atoms with Crippen molar-refractivity contribution in [2.24, 2.45) is 0 Å². The summed E-state index contributed by atoms with van der Waals surface area (Å²) in [4.78, 5) is 17.2. The van der Waals surface area contributed by atoms with Crippen molar-refractivity contribution in [3.05, 3.63) is 70.5 Å². The summed E-state index contributed by atoms with van der Waals surface area (Å²) in [5.41, 5.74) is 2.34. The molecule has 0 aliphatic heterocycles. The predicted molar refractivity (Wildman–Crippen MR) is 98.7 cm³/mol. The second-order valence-corrected chi connectivity index (χ2v) is 6.92. The number of benzene rings is 1. The van der Waals surface area contributed by atoms with E-state index in [-0.39, 0.29) is 12.3 Å². The lowest BCUT2D eigenvalue weighted by molar-refractivity contribution is -0.115. The highest BCUT2D eigenvalue weighted by atomic mass is 79.9. The van der Waals surface area contributed by atoms with Crippen LogP contribution in [-0.4, -0.2) is 10.9 Å². The molecule has 1 aromatic carbocycles. The molecular formula is C18H12BrN3OS. The van der Waals surface area contributed by atoms with Crippen molar-refractivity contribution in [1.82, 2.24) is 4.98 Å². The fourth-order valence-electron chi connectivity index (χ4n) is 2.21. The monoisotopic (exact) mass is 397 g/mol. The lowest BCUT2D eigenvalue weighted by atomic mass is 10.1. The number of hydrogen-bond acceptors (Lipinski definition) is 4. The van der Waals surface area contributed by atoms with Crippen molar-refractivity contribution < 1.29 is 4.79 Å². The summed E-state index contributed by atoms with van der Waals surface area (Å²) in [6.45, 7) is 0. The summed E-state index contributed by atoms with van der Waals surface area (Å²) in [5, 5.41) is 12.7. The molecule has 6 heteroatoms. The zero-order chi connectivity index (χ0) is 16.9. The molecule has 0 aliphatic rings. The van der Waals surface area contributed by atoms with Crippen LogP contribution in [0.25, 0.3) is 10.4 Å². The van der Waals surface area contributed by atoms with E-state index in [1.807, 2.05) is 36.4 Å². The summed E-state index contributed by atoms with van der Waals surface area (Å²) < 4.78 is 0.893. The van der Waals surface area contributed by atoms with Crippen molar-refractivity contribution in [2.45, 2.75) is 6.42 Å². The molecule has 118 valence electrons. The molecule has 0 saturated heterocycles. The maximum Gasteiger partial charge on any atom is 0.229 e. The van der Waals surface area contributed by atoms with Crippen LogP contribution >= 0.6 is 27.3 Å². The Morgan fingerprint density at radius 3 is 2.71 bits per heavy atom. The molecule has 0 unspecified atom stereocenters. The number of carbonyl (C=O) groups excluding carboxylic acids is 1. The van der Waals surface area contributed by atoms with Crippen molar-refractivity contribution in [3.63, 3.8) is 0 Å². The lowest BCUT2D eigenvalue weighted by Crippen LogP contribution is -2.14. The highest BCUT2D eigenvalue weighted by molar-refractivity contribution is 9.10. The second-order valence-electron chi connectivity index (χ2n) is 5.02. The Labute approximate surface area is 151 Å². The second kappa shape index (κ2) is 7.39. The van der Waals surface area contributed by atoms with Gasteiger partial charge in [0.2, 0.25) is 5.91 Å². The summed E-state index contributed by atoms with van der Waals surface area (Å²) >= 11 is 4.82. The first-order chi connectivity index (χ1) is 11.7. The average Bonchev–Trinajstić information content (AvgIpc) is 3.00. The van der Waals surface area contributed by atoms with Gasteiger partial charge in [-0.1, -0.05) is 34.1 Å². The Morgan fingerprint density at radius 2 is 2.00 bits per heavy atom. The molecule has 1 amide bonds. The van der Waals surface area contributed by atoms with Crippen LogP contribution in [0.2, 0.25) is 0 Å². The van der Waals surface area contributed by atoms with E-state index in [1.165, 1.54) is 11.3 Å². The number of carbonyl (C=O) groups is 1. The van der Waals surface area contributed by atoms with Gasteiger partial charge in [-0.3, -0.25) is 9.78 Å². The van der Waals surface area contributed by atoms with E-state index in [4.69, 9.17) is 0 Å². The molecule has 24 heavy (non-hydrogen) atoms. The Bertz CT molecular complexity index is 916. The van der Waals surface area contributed by atoms with Crippen LogP contribution in [0.4, 0.5) is 5.00 Å². The number of aromatic nitrogens is 1. The van der Waals surface area contributed by atoms with E-state index >= 15 is 0 Å². The molecule has 0 atom stereocenters. The van der Waals surface area contributed by atoms with Gasteiger partial charge in [0.05, 0.1) is 12.0 Å². The van der Waals surface area contributed by atoms with Crippen LogP contribution in [0.5, 0.6) is 0 Å². The zero-order valence-electron chi connectivity index (χ0n) is 12.5. The Morgan fingerprint density at radius 1 is 1.25 bits per heavy atom. The summed E-state index contributed by atoms with van der Waals surface area (Å²) in [7, 11) is 0. The van der Waals surface area contributed by atoms with Gasteiger partial charge in [-0.05, 0) is 35.4 Å². The first kappa shape index (κ1) is 16.4. The molecule has 0 spiro atoms. The molecule has 0 fully saturated rings. The number of halogens is 1. The number of nitrogens with one attached hydrogen (secondary N) is 1. The molecule has 0 bridgehead atoms. The minimum atomic E-state index is -0.151. The number of rotatable bonds is 4. The van der Waals surface area contributed by atoms with Gasteiger partial charge in [0.15, 0.2) is 0 Å². The van der Waals surface area contributed by atoms with Crippen LogP contribution in [0, 0.1) is 11.3 Å². The summed E-state index contributed by atoms with van der Waals surface area (Å²) in [6, 6.07) is 15.3. The van der Waals surface area contributed by atoms with Crippen molar-refractivity contribution in [2.75, 3.05) is 5.32 Å². The molecule has 3 aromatic rings. The van der Waals surface area contributed by atoms with E-state index < -0.39 is 0 Å². The molecular weight excluding hydrogens is 386 g/mol. The predicted octanol–water partition coefficient (Wildman–Crippen LogP) is 4.63. The number of anilines is 1. The van der Waals surface area contributed by atoms with Crippen LogP contribution in [0.1, 0.15) is 11.1 Å². The molecule has 0 radical (unpaired) electrons. The Balaban J connectivity index is 1.80. The standard InChI is InChI=1S/C18H12BrN3OS/c19-15-4-2-1-3-13(15)10-17(23)22-18-14(11-20)9-16(24-18)12-5-7-21-8-6-12/h1-9H,10H2,(H,22,23). The number of thiophene rings is 1. The number of nitriles is 1. The highest BCUT2D eigenvalue weighted by Crippen LogP contribution is 2.35. The van der Waals surface area contributed by atoms with E-state index in [1.54, 1.807) is 18.5 Å². The van der Waals surface area contributed by atoms with Gasteiger partial charge in [0.25, 0.3) is 0 Å². The first-order valence-corrected chi connectivity index (χ1v) is 8.76. The number of nitrogens with zero attached hydrogens (tertiary/aromatic N) is 2. The SMILES string of the molecule is N#Cc1cc(-c2ccncc2)sc1NC(=O)Cc1ccccc1Br. The third-order valence-electron chi connectivity index (χ3n) is 3.38. The normalized spacial score (nSPS) is 10.2. The van der Waals surface area contributed by atoms with Gasteiger partial charge in [0, 0.05) is 21.7 Å². The third kappa shape index (κ3) is 3.70. The topological polar surface area (TPSA) is 65.8 Å². The van der Waals surface area contributed by atoms with E-state index in [0.29, 0.717) is 10.6 Å². The quantitative estimate of drug-likeness (QED) is 0.697. The van der Waals surface area contributed by atoms with Gasteiger partial charge < -0.3 is 5.32 Å². The van der Waals surface area contributed by atoms with Gasteiger partial charge in [0.1, 0.15) is 11.1 Å². The maximum atomic E-state index is 12.3. The first-order valence-electron chi connectivity index (χ1n) is 7.15. The molecule has 0 aliphatic carbocycles. The number of hydrogen-bond donors (Lipinski definition) is 1. The minimum absolute atomic E-state index is 0.151. The third-order valence-corrected chi connectivity index (χ3v) is 5.25. The number of amides is 1. The maximum absolute atomic E-state index is 12.3. The van der Waals surface area contributed by atoms with Crippen LogP contribution in [-0.2, 0) is 11.2 Å². The summed E-state index contributed by atoms with van der Waals surface area (Å²) in [6.07, 6.45) is 3.65. The van der Waals surface area contributed by atoms with Crippen molar-refractivity contribution in [3.8, 4) is 16.5 Å². The Kier molecular flexibility index (Phi) is 5.04. The fourth-order valence-corrected chi connectivity index (χ4v) is 3.67. The van der Waals surface area contributed by atoms with Gasteiger partial charge in [-0.25, -0.2) is 0 Å².